The molecule has 2 aliphatic heterocycles. The van der Waals surface area contributed by atoms with Gasteiger partial charge in [-0.1, -0.05) is 5.16 Å². The first-order valence-corrected chi connectivity index (χ1v) is 8.98. The highest BCUT2D eigenvalue weighted by Crippen LogP contribution is 2.25. The zero-order valence-electron chi connectivity index (χ0n) is 14.9. The lowest BCUT2D eigenvalue weighted by atomic mass is 10.0. The van der Waals surface area contributed by atoms with E-state index in [0.29, 0.717) is 12.6 Å². The Labute approximate surface area is 148 Å². The maximum atomic E-state index is 5.55. The summed E-state index contributed by atoms with van der Waals surface area (Å²) in [6.45, 7) is 6.35. The van der Waals surface area contributed by atoms with E-state index in [1.165, 1.54) is 5.56 Å². The number of ether oxygens (including phenoxy) is 1. The van der Waals surface area contributed by atoms with E-state index in [9.17, 15) is 0 Å². The summed E-state index contributed by atoms with van der Waals surface area (Å²) in [5.41, 5.74) is 3.22. The smallest absolute Gasteiger partial charge is 0.144 e. The molecule has 0 aliphatic carbocycles. The van der Waals surface area contributed by atoms with Crippen molar-refractivity contribution in [2.24, 2.45) is 0 Å². The molecule has 0 unspecified atom stereocenters. The van der Waals surface area contributed by atoms with Crippen molar-refractivity contribution in [3.8, 4) is 0 Å². The quantitative estimate of drug-likeness (QED) is 0.840. The Morgan fingerprint density at radius 2 is 2.12 bits per heavy atom. The highest BCUT2D eigenvalue weighted by atomic mass is 16.5. The largest absolute Gasteiger partial charge is 0.376 e. The minimum absolute atomic E-state index is 0.514. The Bertz CT molecular complexity index is 724. The first-order chi connectivity index (χ1) is 12.2. The number of aromatic nitrogens is 3. The van der Waals surface area contributed by atoms with Gasteiger partial charge in [-0.25, -0.2) is 9.97 Å². The van der Waals surface area contributed by atoms with Gasteiger partial charge in [-0.05, 0) is 19.8 Å². The van der Waals surface area contributed by atoms with Crippen LogP contribution in [-0.2, 0) is 24.3 Å². The van der Waals surface area contributed by atoms with Crippen molar-refractivity contribution in [3.63, 3.8) is 0 Å². The van der Waals surface area contributed by atoms with Gasteiger partial charge in [-0.2, -0.15) is 0 Å². The van der Waals surface area contributed by atoms with Crippen molar-refractivity contribution < 1.29 is 9.26 Å². The number of fused-ring (bicyclic) bond motifs is 1. The second-order valence-electron chi connectivity index (χ2n) is 6.97. The molecule has 25 heavy (non-hydrogen) atoms. The summed E-state index contributed by atoms with van der Waals surface area (Å²) in [5, 5.41) is 4.28. The molecule has 0 saturated carbocycles. The van der Waals surface area contributed by atoms with Gasteiger partial charge in [0.15, 0.2) is 0 Å². The SMILES string of the molecule is Cc1cc(N(C)C2CCN(Cc3noc4c3COCC4)CC2)ncn1. The van der Waals surface area contributed by atoms with Crippen molar-refractivity contribution in [3.05, 3.63) is 35.1 Å². The molecular formula is C18H25N5O2. The average Bonchev–Trinajstić information content (AvgIpc) is 3.05. The molecule has 0 aromatic carbocycles. The van der Waals surface area contributed by atoms with Crippen LogP contribution in [-0.4, -0.2) is 52.8 Å². The summed E-state index contributed by atoms with van der Waals surface area (Å²) in [7, 11) is 2.13. The summed E-state index contributed by atoms with van der Waals surface area (Å²) in [6.07, 6.45) is 4.73. The average molecular weight is 343 g/mol. The van der Waals surface area contributed by atoms with Crippen molar-refractivity contribution in [2.45, 2.75) is 45.4 Å². The molecular weight excluding hydrogens is 318 g/mol. The van der Waals surface area contributed by atoms with Gasteiger partial charge in [-0.3, -0.25) is 4.90 Å². The molecule has 7 nitrogen and oxygen atoms in total. The zero-order chi connectivity index (χ0) is 17.2. The Kier molecular flexibility index (Phi) is 4.67. The third-order valence-electron chi connectivity index (χ3n) is 5.30. The molecule has 4 heterocycles. The van der Waals surface area contributed by atoms with Crippen molar-refractivity contribution in [2.75, 3.05) is 31.6 Å². The van der Waals surface area contributed by atoms with Crippen LogP contribution in [0.1, 0.15) is 35.6 Å². The number of hydrogen-bond acceptors (Lipinski definition) is 7. The van der Waals surface area contributed by atoms with Gasteiger partial charge in [0.05, 0.1) is 13.2 Å². The molecule has 1 saturated heterocycles. The van der Waals surface area contributed by atoms with Crippen LogP contribution in [0.2, 0.25) is 0 Å². The third kappa shape index (κ3) is 3.52. The lowest BCUT2D eigenvalue weighted by Crippen LogP contribution is -2.43. The van der Waals surface area contributed by atoms with Gasteiger partial charge >= 0.3 is 0 Å². The van der Waals surface area contributed by atoms with E-state index < -0.39 is 0 Å². The molecule has 2 aromatic heterocycles. The molecule has 0 bridgehead atoms. The molecule has 7 heteroatoms. The van der Waals surface area contributed by atoms with Crippen LogP contribution in [0.25, 0.3) is 0 Å². The Hall–Kier alpha value is -1.99. The van der Waals surface area contributed by atoms with Crippen LogP contribution < -0.4 is 4.90 Å². The predicted molar refractivity (Wildman–Crippen MR) is 93.3 cm³/mol. The molecule has 2 aliphatic rings. The molecule has 0 spiro atoms. The Morgan fingerprint density at radius 3 is 2.92 bits per heavy atom. The van der Waals surface area contributed by atoms with Crippen LogP contribution in [0.15, 0.2) is 16.9 Å². The number of aryl methyl sites for hydroxylation is 1. The molecule has 2 aromatic rings. The number of hydrogen-bond donors (Lipinski definition) is 0. The summed E-state index contributed by atoms with van der Waals surface area (Å²) in [6, 6.07) is 2.56. The first kappa shape index (κ1) is 16.5. The fourth-order valence-corrected chi connectivity index (χ4v) is 3.70. The lowest BCUT2D eigenvalue weighted by Gasteiger charge is -2.37. The Balaban J connectivity index is 1.35. The Morgan fingerprint density at radius 1 is 1.28 bits per heavy atom. The summed E-state index contributed by atoms with van der Waals surface area (Å²) in [4.78, 5) is 13.3. The van der Waals surface area contributed by atoms with Crippen molar-refractivity contribution in [1.29, 1.82) is 0 Å². The summed E-state index contributed by atoms with van der Waals surface area (Å²) in [5.74, 6) is 2.02. The predicted octanol–water partition coefficient (Wildman–Crippen LogP) is 1.95. The van der Waals surface area contributed by atoms with Gasteiger partial charge in [-0.15, -0.1) is 0 Å². The highest BCUT2D eigenvalue weighted by Gasteiger charge is 2.26. The molecule has 0 N–H and O–H groups in total. The van der Waals surface area contributed by atoms with Gasteiger partial charge in [0.2, 0.25) is 0 Å². The second-order valence-corrected chi connectivity index (χ2v) is 6.97. The number of anilines is 1. The van der Waals surface area contributed by atoms with Crippen molar-refractivity contribution >= 4 is 5.82 Å². The number of nitrogens with zero attached hydrogens (tertiary/aromatic N) is 5. The second kappa shape index (κ2) is 7.09. The standard InChI is InChI=1S/C18H25N5O2/c1-13-9-18(20-12-19-13)22(2)14-3-6-23(7-4-14)10-16-15-11-24-8-5-17(15)25-21-16/h9,12,14H,3-8,10-11H2,1-2H3. The molecule has 4 rings (SSSR count). The topological polar surface area (TPSA) is 67.5 Å². The van der Waals surface area contributed by atoms with Gasteiger partial charge in [0.25, 0.3) is 0 Å². The van der Waals surface area contributed by atoms with Crippen LogP contribution in [0.5, 0.6) is 0 Å². The van der Waals surface area contributed by atoms with E-state index >= 15 is 0 Å². The highest BCUT2D eigenvalue weighted by molar-refractivity contribution is 5.39. The number of rotatable bonds is 4. The van der Waals surface area contributed by atoms with Crippen LogP contribution in [0.3, 0.4) is 0 Å². The van der Waals surface area contributed by atoms with Crippen LogP contribution in [0.4, 0.5) is 5.82 Å². The van der Waals surface area contributed by atoms with E-state index in [-0.39, 0.29) is 0 Å². The molecule has 1 fully saturated rings. The van der Waals surface area contributed by atoms with E-state index in [4.69, 9.17) is 9.26 Å². The van der Waals surface area contributed by atoms with E-state index in [2.05, 4.69) is 32.0 Å². The maximum Gasteiger partial charge on any atom is 0.144 e. The molecule has 0 amide bonds. The molecule has 0 radical (unpaired) electrons. The molecule has 0 atom stereocenters. The zero-order valence-corrected chi connectivity index (χ0v) is 14.9. The van der Waals surface area contributed by atoms with Crippen LogP contribution in [0, 0.1) is 6.92 Å². The van der Waals surface area contributed by atoms with Gasteiger partial charge < -0.3 is 14.2 Å². The number of likely N-dealkylation sites (tertiary alicyclic amines) is 1. The lowest BCUT2D eigenvalue weighted by molar-refractivity contribution is 0.102. The number of piperidine rings is 1. The normalized spacial score (nSPS) is 19.0. The summed E-state index contributed by atoms with van der Waals surface area (Å²) >= 11 is 0. The minimum Gasteiger partial charge on any atom is -0.376 e. The first-order valence-electron chi connectivity index (χ1n) is 8.98. The molecule has 134 valence electrons. The van der Waals surface area contributed by atoms with Crippen LogP contribution >= 0.6 is 0 Å². The minimum atomic E-state index is 0.514. The maximum absolute atomic E-state index is 5.55. The van der Waals surface area contributed by atoms with Gasteiger partial charge in [0.1, 0.15) is 23.6 Å². The van der Waals surface area contributed by atoms with E-state index in [1.54, 1.807) is 6.33 Å². The van der Waals surface area contributed by atoms with Gasteiger partial charge in [0, 0.05) is 56.5 Å². The van der Waals surface area contributed by atoms with E-state index in [0.717, 1.165) is 68.5 Å². The van der Waals surface area contributed by atoms with E-state index in [1.807, 2.05) is 13.0 Å². The fraction of sp³-hybridized carbons (Fsp3) is 0.611. The third-order valence-corrected chi connectivity index (χ3v) is 5.30. The summed E-state index contributed by atoms with van der Waals surface area (Å²) < 4.78 is 11.0. The van der Waals surface area contributed by atoms with Crippen molar-refractivity contribution in [1.82, 2.24) is 20.0 Å². The fourth-order valence-electron chi connectivity index (χ4n) is 3.70. The monoisotopic (exact) mass is 343 g/mol.